The van der Waals surface area contributed by atoms with Gasteiger partial charge in [0.2, 0.25) is 0 Å². The summed E-state index contributed by atoms with van der Waals surface area (Å²) in [6, 6.07) is 10.1. The maximum atomic E-state index is 12.3. The Labute approximate surface area is 116 Å². The molecule has 0 bridgehead atoms. The first-order chi connectivity index (χ1) is 9.67. The lowest BCUT2D eigenvalue weighted by molar-refractivity contribution is 0.0524. The fraction of sp³-hybridized carbons (Fsp3) is 0.200. The summed E-state index contributed by atoms with van der Waals surface area (Å²) in [6.45, 7) is 1.93. The summed E-state index contributed by atoms with van der Waals surface area (Å²) in [5.74, 6) is 0.0868. The van der Waals surface area contributed by atoms with Crippen LogP contribution in [0.2, 0.25) is 0 Å². The quantitative estimate of drug-likeness (QED) is 0.800. The van der Waals surface area contributed by atoms with Crippen molar-refractivity contribution in [3.63, 3.8) is 0 Å². The molecule has 0 saturated heterocycles. The van der Waals surface area contributed by atoms with E-state index in [0.29, 0.717) is 11.4 Å². The largest absolute Gasteiger partial charge is 0.497 e. The van der Waals surface area contributed by atoms with E-state index in [1.165, 1.54) is 10.6 Å². The Bertz CT molecular complexity index is 658. The minimum Gasteiger partial charge on any atom is -0.497 e. The number of benzene rings is 1. The maximum absolute atomic E-state index is 12.3. The Kier molecular flexibility index (Phi) is 4.20. The van der Waals surface area contributed by atoms with Crippen LogP contribution in [0.5, 0.6) is 5.75 Å². The second-order valence-electron chi connectivity index (χ2n) is 4.02. The zero-order valence-electron chi connectivity index (χ0n) is 11.3. The monoisotopic (exact) mass is 273 g/mol. The number of rotatable bonds is 4. The first-order valence-electron chi connectivity index (χ1n) is 6.20. The highest BCUT2D eigenvalue weighted by atomic mass is 16.5. The zero-order valence-corrected chi connectivity index (χ0v) is 11.3. The third-order valence-electron chi connectivity index (χ3n) is 2.79. The van der Waals surface area contributed by atoms with Crippen molar-refractivity contribution in [3.8, 4) is 11.4 Å². The van der Waals surface area contributed by atoms with Gasteiger partial charge in [-0.15, -0.1) is 0 Å². The molecule has 1 aromatic carbocycles. The van der Waals surface area contributed by atoms with Gasteiger partial charge in [0.15, 0.2) is 0 Å². The second-order valence-corrected chi connectivity index (χ2v) is 4.02. The van der Waals surface area contributed by atoms with Crippen LogP contribution in [0.15, 0.2) is 47.4 Å². The summed E-state index contributed by atoms with van der Waals surface area (Å²) in [7, 11) is 1.57. The molecule has 0 aliphatic rings. The van der Waals surface area contributed by atoms with E-state index in [2.05, 4.69) is 0 Å². The number of aromatic nitrogens is 1. The van der Waals surface area contributed by atoms with E-state index in [-0.39, 0.29) is 12.2 Å². The normalized spacial score (nSPS) is 10.1. The molecular weight excluding hydrogens is 258 g/mol. The molecule has 0 radical (unpaired) electrons. The van der Waals surface area contributed by atoms with Gasteiger partial charge in [-0.05, 0) is 43.3 Å². The lowest BCUT2D eigenvalue weighted by Crippen LogP contribution is -2.25. The minimum absolute atomic E-state index is 0.0187. The van der Waals surface area contributed by atoms with Crippen LogP contribution in [0.3, 0.4) is 0 Å². The molecule has 0 unspecified atom stereocenters. The summed E-state index contributed by atoms with van der Waals surface area (Å²) in [5.41, 5.74) is 0.267. The van der Waals surface area contributed by atoms with Gasteiger partial charge in [0.1, 0.15) is 11.3 Å². The summed E-state index contributed by atoms with van der Waals surface area (Å²) in [6.07, 6.45) is 1.60. The van der Waals surface area contributed by atoms with Crippen molar-refractivity contribution in [2.24, 2.45) is 0 Å². The van der Waals surface area contributed by atoms with Crippen molar-refractivity contribution < 1.29 is 14.3 Å². The topological polar surface area (TPSA) is 57.5 Å². The van der Waals surface area contributed by atoms with Crippen molar-refractivity contribution in [2.45, 2.75) is 6.92 Å². The first kappa shape index (κ1) is 13.9. The van der Waals surface area contributed by atoms with Crippen LogP contribution in [-0.4, -0.2) is 24.3 Å². The molecule has 0 aliphatic carbocycles. The predicted molar refractivity (Wildman–Crippen MR) is 74.5 cm³/mol. The molecule has 0 atom stereocenters. The number of pyridine rings is 1. The van der Waals surface area contributed by atoms with E-state index in [9.17, 15) is 9.59 Å². The van der Waals surface area contributed by atoms with Gasteiger partial charge in [0.05, 0.1) is 13.7 Å². The van der Waals surface area contributed by atoms with Crippen molar-refractivity contribution >= 4 is 5.97 Å². The Hall–Kier alpha value is -2.56. The van der Waals surface area contributed by atoms with Gasteiger partial charge in [0.25, 0.3) is 5.56 Å². The third-order valence-corrected chi connectivity index (χ3v) is 2.79. The molecule has 0 spiro atoms. The highest BCUT2D eigenvalue weighted by Crippen LogP contribution is 2.13. The van der Waals surface area contributed by atoms with E-state index in [0.717, 1.165) is 0 Å². The van der Waals surface area contributed by atoms with Crippen molar-refractivity contribution in [3.05, 3.63) is 58.5 Å². The molecule has 1 heterocycles. The first-order valence-corrected chi connectivity index (χ1v) is 6.20. The average molecular weight is 273 g/mol. The number of methoxy groups -OCH3 is 1. The molecule has 0 fully saturated rings. The standard InChI is InChI=1S/C15H15NO4/c1-3-20-15(18)13-5-4-10-16(14(13)17)11-6-8-12(19-2)9-7-11/h4-10H,3H2,1-2H3. The van der Waals surface area contributed by atoms with Crippen molar-refractivity contribution in [2.75, 3.05) is 13.7 Å². The van der Waals surface area contributed by atoms with Crippen LogP contribution in [0.25, 0.3) is 5.69 Å². The van der Waals surface area contributed by atoms with E-state index in [1.54, 1.807) is 50.6 Å². The number of hydrogen-bond donors (Lipinski definition) is 0. The van der Waals surface area contributed by atoms with Gasteiger partial charge in [0, 0.05) is 11.9 Å². The molecular formula is C15H15NO4. The van der Waals surface area contributed by atoms with E-state index in [1.807, 2.05) is 0 Å². The van der Waals surface area contributed by atoms with Gasteiger partial charge in [-0.1, -0.05) is 0 Å². The summed E-state index contributed by atoms with van der Waals surface area (Å²) in [4.78, 5) is 24.0. The Morgan fingerprint density at radius 2 is 1.90 bits per heavy atom. The van der Waals surface area contributed by atoms with Crippen LogP contribution in [0.1, 0.15) is 17.3 Å². The Balaban J connectivity index is 2.44. The van der Waals surface area contributed by atoms with Crippen LogP contribution in [0.4, 0.5) is 0 Å². The average Bonchev–Trinajstić information content (AvgIpc) is 2.48. The number of ether oxygens (including phenoxy) is 2. The maximum Gasteiger partial charge on any atom is 0.343 e. The van der Waals surface area contributed by atoms with E-state index >= 15 is 0 Å². The second kappa shape index (κ2) is 6.06. The number of hydrogen-bond acceptors (Lipinski definition) is 4. The smallest absolute Gasteiger partial charge is 0.343 e. The number of nitrogens with zero attached hydrogens (tertiary/aromatic N) is 1. The molecule has 1 aromatic heterocycles. The summed E-state index contributed by atoms with van der Waals surface area (Å²) in [5, 5.41) is 0. The van der Waals surface area contributed by atoms with Gasteiger partial charge >= 0.3 is 5.97 Å². The van der Waals surface area contributed by atoms with Crippen LogP contribution < -0.4 is 10.3 Å². The summed E-state index contributed by atoms with van der Waals surface area (Å²) >= 11 is 0. The molecule has 5 heteroatoms. The highest BCUT2D eigenvalue weighted by molar-refractivity contribution is 5.89. The van der Waals surface area contributed by atoms with Gasteiger partial charge in [-0.25, -0.2) is 4.79 Å². The van der Waals surface area contributed by atoms with Crippen LogP contribution >= 0.6 is 0 Å². The fourth-order valence-corrected chi connectivity index (χ4v) is 1.80. The van der Waals surface area contributed by atoms with Gasteiger partial charge < -0.3 is 9.47 Å². The third kappa shape index (κ3) is 2.71. The number of esters is 1. The number of carbonyl (C=O) groups is 1. The molecule has 104 valence electrons. The predicted octanol–water partition coefficient (Wildman–Crippen LogP) is 2.02. The molecule has 2 rings (SSSR count). The molecule has 5 nitrogen and oxygen atoms in total. The fourth-order valence-electron chi connectivity index (χ4n) is 1.80. The zero-order chi connectivity index (χ0) is 14.5. The molecule has 0 N–H and O–H groups in total. The van der Waals surface area contributed by atoms with Crippen LogP contribution in [-0.2, 0) is 4.74 Å². The van der Waals surface area contributed by atoms with Gasteiger partial charge in [-0.3, -0.25) is 9.36 Å². The lowest BCUT2D eigenvalue weighted by Gasteiger charge is -2.08. The molecule has 20 heavy (non-hydrogen) atoms. The molecule has 2 aromatic rings. The SMILES string of the molecule is CCOC(=O)c1cccn(-c2ccc(OC)cc2)c1=O. The van der Waals surface area contributed by atoms with Gasteiger partial charge in [-0.2, -0.15) is 0 Å². The highest BCUT2D eigenvalue weighted by Gasteiger charge is 2.13. The molecule has 0 aliphatic heterocycles. The Morgan fingerprint density at radius 3 is 2.50 bits per heavy atom. The van der Waals surface area contributed by atoms with Crippen molar-refractivity contribution in [1.82, 2.24) is 4.57 Å². The van der Waals surface area contributed by atoms with Crippen LogP contribution in [0, 0.1) is 0 Å². The van der Waals surface area contributed by atoms with E-state index in [4.69, 9.17) is 9.47 Å². The number of carbonyl (C=O) groups excluding carboxylic acids is 1. The Morgan fingerprint density at radius 1 is 1.20 bits per heavy atom. The van der Waals surface area contributed by atoms with E-state index < -0.39 is 11.5 Å². The van der Waals surface area contributed by atoms with Crippen molar-refractivity contribution in [1.29, 1.82) is 0 Å². The molecule has 0 saturated carbocycles. The minimum atomic E-state index is -0.611. The lowest BCUT2D eigenvalue weighted by atomic mass is 10.2. The molecule has 0 amide bonds. The summed E-state index contributed by atoms with van der Waals surface area (Å²) < 4.78 is 11.3.